The number of nitro groups is 1. The highest BCUT2D eigenvalue weighted by Gasteiger charge is 2.18. The number of nitrogens with zero attached hydrogens (tertiary/aromatic N) is 2. The summed E-state index contributed by atoms with van der Waals surface area (Å²) in [6, 6.07) is 6.22. The van der Waals surface area contributed by atoms with Gasteiger partial charge in [0.05, 0.1) is 17.4 Å². The molecular weight excluding hydrogens is 286 g/mol. The zero-order valence-corrected chi connectivity index (χ0v) is 12.6. The van der Waals surface area contributed by atoms with Gasteiger partial charge in [-0.25, -0.2) is 0 Å². The van der Waals surface area contributed by atoms with Crippen LogP contribution in [0.1, 0.15) is 12.0 Å². The lowest BCUT2D eigenvalue weighted by atomic mass is 10.1. The second-order valence-electron chi connectivity index (χ2n) is 4.79. The molecule has 0 saturated heterocycles. The van der Waals surface area contributed by atoms with Gasteiger partial charge in [-0.1, -0.05) is 18.2 Å². The van der Waals surface area contributed by atoms with Gasteiger partial charge in [-0.3, -0.25) is 14.9 Å². The molecule has 0 spiro atoms. The number of carbonyl (C=O) groups is 1. The molecule has 1 aromatic carbocycles. The molecule has 7 heteroatoms. The zero-order valence-electron chi connectivity index (χ0n) is 12.6. The van der Waals surface area contributed by atoms with Crippen LogP contribution in [0, 0.1) is 10.1 Å². The third kappa shape index (κ3) is 5.27. The van der Waals surface area contributed by atoms with E-state index >= 15 is 0 Å². The molecule has 1 aromatic rings. The molecule has 2 N–H and O–H groups in total. The van der Waals surface area contributed by atoms with E-state index in [2.05, 4.69) is 6.58 Å². The molecule has 1 atom stereocenters. The molecule has 0 aliphatic heterocycles. The van der Waals surface area contributed by atoms with Gasteiger partial charge in [0.15, 0.2) is 0 Å². The van der Waals surface area contributed by atoms with Crippen molar-refractivity contribution in [1.82, 2.24) is 4.90 Å². The average molecular weight is 307 g/mol. The number of amides is 1. The molecule has 0 saturated carbocycles. The standard InChI is InChI=1S/C15H21N3O4/c1-3-7-17(15(19)9-14(10-16)22-2)11-12-5-4-6-13(8-12)18(20)21/h3-6,8,14H,1,7,9-11,16H2,2H3. The maximum absolute atomic E-state index is 12.3. The number of ether oxygens (including phenoxy) is 1. The molecule has 0 bridgehead atoms. The summed E-state index contributed by atoms with van der Waals surface area (Å²) in [7, 11) is 1.50. The highest BCUT2D eigenvalue weighted by atomic mass is 16.6. The third-order valence-corrected chi connectivity index (χ3v) is 3.20. The van der Waals surface area contributed by atoms with Gasteiger partial charge < -0.3 is 15.4 Å². The summed E-state index contributed by atoms with van der Waals surface area (Å²) >= 11 is 0. The van der Waals surface area contributed by atoms with Gasteiger partial charge in [-0.15, -0.1) is 6.58 Å². The number of methoxy groups -OCH3 is 1. The quantitative estimate of drug-likeness (QED) is 0.423. The largest absolute Gasteiger partial charge is 0.380 e. The minimum atomic E-state index is -0.460. The summed E-state index contributed by atoms with van der Waals surface area (Å²) in [6.07, 6.45) is 1.43. The summed E-state index contributed by atoms with van der Waals surface area (Å²) in [6.45, 7) is 4.50. The van der Waals surface area contributed by atoms with Crippen molar-refractivity contribution in [1.29, 1.82) is 0 Å². The molecule has 0 aliphatic rings. The molecular formula is C15H21N3O4. The summed E-state index contributed by atoms with van der Waals surface area (Å²) in [4.78, 5) is 24.2. The van der Waals surface area contributed by atoms with Crippen LogP contribution < -0.4 is 5.73 Å². The van der Waals surface area contributed by atoms with Crippen molar-refractivity contribution < 1.29 is 14.5 Å². The van der Waals surface area contributed by atoms with Gasteiger partial charge >= 0.3 is 0 Å². The second kappa shape index (κ2) is 8.91. The maximum atomic E-state index is 12.3. The van der Waals surface area contributed by atoms with Gasteiger partial charge in [0.2, 0.25) is 5.91 Å². The highest BCUT2D eigenvalue weighted by Crippen LogP contribution is 2.15. The normalized spacial score (nSPS) is 11.7. The van der Waals surface area contributed by atoms with Crippen molar-refractivity contribution in [2.75, 3.05) is 20.2 Å². The smallest absolute Gasteiger partial charge is 0.269 e. The Hall–Kier alpha value is -2.25. The fraction of sp³-hybridized carbons (Fsp3) is 0.400. The van der Waals surface area contributed by atoms with Crippen LogP contribution in [0.5, 0.6) is 0 Å². The molecule has 0 radical (unpaired) electrons. The van der Waals surface area contributed by atoms with Crippen LogP contribution in [0.25, 0.3) is 0 Å². The van der Waals surface area contributed by atoms with Crippen molar-refractivity contribution in [3.05, 3.63) is 52.6 Å². The van der Waals surface area contributed by atoms with E-state index in [1.807, 2.05) is 0 Å². The van der Waals surface area contributed by atoms with Crippen LogP contribution in [-0.2, 0) is 16.1 Å². The van der Waals surface area contributed by atoms with Crippen molar-refractivity contribution in [3.63, 3.8) is 0 Å². The lowest BCUT2D eigenvalue weighted by Crippen LogP contribution is -2.35. The minimum Gasteiger partial charge on any atom is -0.380 e. The predicted molar refractivity (Wildman–Crippen MR) is 83.2 cm³/mol. The molecule has 0 aliphatic carbocycles. The Bertz CT molecular complexity index is 529. The van der Waals surface area contributed by atoms with Gasteiger partial charge in [0.1, 0.15) is 0 Å². The number of benzene rings is 1. The fourth-order valence-electron chi connectivity index (χ4n) is 1.99. The van der Waals surface area contributed by atoms with Crippen LogP contribution >= 0.6 is 0 Å². The first-order valence-corrected chi connectivity index (χ1v) is 6.86. The Morgan fingerprint density at radius 3 is 2.86 bits per heavy atom. The van der Waals surface area contributed by atoms with Crippen molar-refractivity contribution in [2.45, 2.75) is 19.1 Å². The van der Waals surface area contributed by atoms with Crippen LogP contribution in [0.4, 0.5) is 5.69 Å². The van der Waals surface area contributed by atoms with Crippen LogP contribution in [0.3, 0.4) is 0 Å². The van der Waals surface area contributed by atoms with Crippen LogP contribution in [-0.4, -0.2) is 42.0 Å². The van der Waals surface area contributed by atoms with E-state index in [-0.39, 0.29) is 37.2 Å². The second-order valence-corrected chi connectivity index (χ2v) is 4.79. The van der Waals surface area contributed by atoms with E-state index in [0.717, 1.165) is 0 Å². The number of hydrogen-bond donors (Lipinski definition) is 1. The number of nitro benzene ring substituents is 1. The van der Waals surface area contributed by atoms with E-state index in [1.165, 1.54) is 19.2 Å². The number of hydrogen-bond acceptors (Lipinski definition) is 5. The number of rotatable bonds is 9. The first-order valence-electron chi connectivity index (χ1n) is 6.86. The Morgan fingerprint density at radius 2 is 2.32 bits per heavy atom. The molecule has 0 heterocycles. The molecule has 7 nitrogen and oxygen atoms in total. The molecule has 1 rings (SSSR count). The van der Waals surface area contributed by atoms with E-state index in [9.17, 15) is 14.9 Å². The molecule has 1 unspecified atom stereocenters. The lowest BCUT2D eigenvalue weighted by Gasteiger charge is -2.23. The van der Waals surface area contributed by atoms with E-state index in [0.29, 0.717) is 12.1 Å². The molecule has 22 heavy (non-hydrogen) atoms. The van der Waals surface area contributed by atoms with Gasteiger partial charge in [0, 0.05) is 38.9 Å². The topological polar surface area (TPSA) is 98.7 Å². The maximum Gasteiger partial charge on any atom is 0.269 e. The first kappa shape index (κ1) is 17.8. The summed E-state index contributed by atoms with van der Waals surface area (Å²) in [5, 5.41) is 10.8. The first-order chi connectivity index (χ1) is 10.5. The van der Waals surface area contributed by atoms with E-state index in [4.69, 9.17) is 10.5 Å². The van der Waals surface area contributed by atoms with Gasteiger partial charge in [-0.05, 0) is 5.56 Å². The van der Waals surface area contributed by atoms with E-state index < -0.39 is 4.92 Å². The van der Waals surface area contributed by atoms with Crippen molar-refractivity contribution in [3.8, 4) is 0 Å². The molecule has 0 fully saturated rings. The SMILES string of the molecule is C=CCN(Cc1cccc([N+](=O)[O-])c1)C(=O)CC(CN)OC. The van der Waals surface area contributed by atoms with Crippen LogP contribution in [0.2, 0.25) is 0 Å². The summed E-state index contributed by atoms with van der Waals surface area (Å²) in [5.74, 6) is -0.135. The lowest BCUT2D eigenvalue weighted by molar-refractivity contribution is -0.384. The van der Waals surface area contributed by atoms with E-state index in [1.54, 1.807) is 23.1 Å². The Morgan fingerprint density at radius 1 is 1.59 bits per heavy atom. The summed E-state index contributed by atoms with van der Waals surface area (Å²) < 4.78 is 5.11. The molecule has 0 aromatic heterocycles. The third-order valence-electron chi connectivity index (χ3n) is 3.20. The number of non-ortho nitro benzene ring substituents is 1. The predicted octanol–water partition coefficient (Wildman–Crippen LogP) is 1.47. The average Bonchev–Trinajstić information content (AvgIpc) is 2.52. The number of carbonyl (C=O) groups excluding carboxylic acids is 1. The van der Waals surface area contributed by atoms with Crippen LogP contribution in [0.15, 0.2) is 36.9 Å². The van der Waals surface area contributed by atoms with Gasteiger partial charge in [0.25, 0.3) is 5.69 Å². The number of nitrogens with two attached hydrogens (primary N) is 1. The Kier molecular flexibility index (Phi) is 7.21. The fourth-order valence-corrected chi connectivity index (χ4v) is 1.99. The Labute approximate surface area is 129 Å². The zero-order chi connectivity index (χ0) is 16.5. The monoisotopic (exact) mass is 307 g/mol. The molecule has 1 amide bonds. The minimum absolute atomic E-state index is 0.000211. The summed E-state index contributed by atoms with van der Waals surface area (Å²) in [5.41, 5.74) is 6.21. The Balaban J connectivity index is 2.83. The van der Waals surface area contributed by atoms with Crippen molar-refractivity contribution in [2.24, 2.45) is 5.73 Å². The van der Waals surface area contributed by atoms with Gasteiger partial charge in [-0.2, -0.15) is 0 Å². The molecule has 120 valence electrons. The highest BCUT2D eigenvalue weighted by molar-refractivity contribution is 5.77. The van der Waals surface area contributed by atoms with Crippen molar-refractivity contribution >= 4 is 11.6 Å².